The van der Waals surface area contributed by atoms with Crippen molar-refractivity contribution in [3.05, 3.63) is 6.92 Å². The zero-order chi connectivity index (χ0) is 16.5. The highest BCUT2D eigenvalue weighted by Gasteiger charge is 2.12. The first-order valence-electron chi connectivity index (χ1n) is 9.68. The van der Waals surface area contributed by atoms with Crippen LogP contribution < -0.4 is 0 Å². The van der Waals surface area contributed by atoms with Gasteiger partial charge in [-0.1, -0.05) is 96.8 Å². The molecule has 0 aromatic carbocycles. The van der Waals surface area contributed by atoms with Gasteiger partial charge in [-0.25, -0.2) is 0 Å². The van der Waals surface area contributed by atoms with E-state index in [1.165, 1.54) is 83.5 Å². The number of carbonyl (C=O) groups excluding carboxylic acids is 1. The predicted octanol–water partition coefficient (Wildman–Crippen LogP) is 5.87. The molecule has 2 atom stereocenters. The zero-order valence-electron chi connectivity index (χ0n) is 14.9. The molecule has 0 bridgehead atoms. The lowest BCUT2D eigenvalue weighted by atomic mass is 9.97. The second kappa shape index (κ2) is 17.0. The van der Waals surface area contributed by atoms with Crippen LogP contribution >= 0.6 is 0 Å². The molecule has 22 heavy (non-hydrogen) atoms. The summed E-state index contributed by atoms with van der Waals surface area (Å²) in [5, 5.41) is 9.27. The van der Waals surface area contributed by atoms with E-state index >= 15 is 0 Å². The average molecular weight is 312 g/mol. The average Bonchev–Trinajstić information content (AvgIpc) is 2.51. The molecule has 0 amide bonds. The number of hydrogen-bond donors (Lipinski definition) is 1. The van der Waals surface area contributed by atoms with E-state index < -0.39 is 6.10 Å². The fourth-order valence-corrected chi connectivity index (χ4v) is 2.93. The molecule has 0 saturated heterocycles. The Kier molecular flexibility index (Phi) is 16.7. The highest BCUT2D eigenvalue weighted by molar-refractivity contribution is 5.54. The standard InChI is InChI=1S/C20H39O2/c1-3-4-5-6-7-8-9-10-11-12-13-14-15-16-17-20(18-21)19(2)22/h18-20,22H,2-17H2,1H3. The fourth-order valence-electron chi connectivity index (χ4n) is 2.93. The minimum absolute atomic E-state index is 0.266. The van der Waals surface area contributed by atoms with E-state index in [1.807, 2.05) is 0 Å². The molecule has 0 rings (SSSR count). The highest BCUT2D eigenvalue weighted by Crippen LogP contribution is 2.15. The van der Waals surface area contributed by atoms with Gasteiger partial charge in [0.2, 0.25) is 0 Å². The minimum atomic E-state index is -0.737. The second-order valence-corrected chi connectivity index (χ2v) is 6.75. The Morgan fingerprint density at radius 3 is 1.45 bits per heavy atom. The van der Waals surface area contributed by atoms with Crippen LogP contribution in [0, 0.1) is 12.8 Å². The van der Waals surface area contributed by atoms with Gasteiger partial charge in [0.15, 0.2) is 0 Å². The zero-order valence-corrected chi connectivity index (χ0v) is 14.9. The molecule has 1 radical (unpaired) electrons. The molecule has 0 aliphatic rings. The van der Waals surface area contributed by atoms with Crippen LogP contribution in [0.15, 0.2) is 0 Å². The van der Waals surface area contributed by atoms with Crippen LogP contribution in [0.25, 0.3) is 0 Å². The van der Waals surface area contributed by atoms with Crippen molar-refractivity contribution < 1.29 is 9.90 Å². The molecule has 0 aromatic rings. The summed E-state index contributed by atoms with van der Waals surface area (Å²) in [4.78, 5) is 10.7. The molecule has 0 spiro atoms. The quantitative estimate of drug-likeness (QED) is 0.269. The topological polar surface area (TPSA) is 37.3 Å². The van der Waals surface area contributed by atoms with Crippen molar-refractivity contribution in [2.24, 2.45) is 5.92 Å². The van der Waals surface area contributed by atoms with Gasteiger partial charge in [0.25, 0.3) is 0 Å². The lowest BCUT2D eigenvalue weighted by Crippen LogP contribution is -2.18. The molecule has 0 saturated carbocycles. The van der Waals surface area contributed by atoms with Gasteiger partial charge in [0.1, 0.15) is 6.29 Å². The molecular formula is C20H39O2. The summed E-state index contributed by atoms with van der Waals surface area (Å²) < 4.78 is 0. The Morgan fingerprint density at radius 2 is 1.14 bits per heavy atom. The largest absolute Gasteiger partial charge is 0.392 e. The van der Waals surface area contributed by atoms with Gasteiger partial charge in [-0.2, -0.15) is 0 Å². The van der Waals surface area contributed by atoms with Crippen LogP contribution in [0.1, 0.15) is 103 Å². The molecule has 2 unspecified atom stereocenters. The minimum Gasteiger partial charge on any atom is -0.392 e. The van der Waals surface area contributed by atoms with Gasteiger partial charge in [0, 0.05) is 5.92 Å². The van der Waals surface area contributed by atoms with E-state index in [9.17, 15) is 9.90 Å². The Labute approximate surface area is 139 Å². The molecule has 2 nitrogen and oxygen atoms in total. The van der Waals surface area contributed by atoms with Gasteiger partial charge in [-0.05, 0) is 13.3 Å². The Morgan fingerprint density at radius 1 is 0.773 bits per heavy atom. The van der Waals surface area contributed by atoms with Crippen LogP contribution in [0.2, 0.25) is 0 Å². The highest BCUT2D eigenvalue weighted by atomic mass is 16.3. The molecule has 0 fully saturated rings. The smallest absolute Gasteiger partial charge is 0.125 e. The van der Waals surface area contributed by atoms with Crippen molar-refractivity contribution in [1.82, 2.24) is 0 Å². The third kappa shape index (κ3) is 14.6. The van der Waals surface area contributed by atoms with E-state index in [4.69, 9.17) is 0 Å². The second-order valence-electron chi connectivity index (χ2n) is 6.75. The molecule has 0 aromatic heterocycles. The lowest BCUT2D eigenvalue weighted by molar-refractivity contribution is -0.113. The van der Waals surface area contributed by atoms with Crippen molar-refractivity contribution in [1.29, 1.82) is 0 Å². The summed E-state index contributed by atoms with van der Waals surface area (Å²) in [6.45, 7) is 5.79. The molecule has 0 aliphatic carbocycles. The van der Waals surface area contributed by atoms with E-state index in [2.05, 4.69) is 13.8 Å². The predicted molar refractivity (Wildman–Crippen MR) is 95.8 cm³/mol. The van der Waals surface area contributed by atoms with Crippen LogP contribution in [-0.4, -0.2) is 17.5 Å². The third-order valence-corrected chi connectivity index (χ3v) is 4.56. The molecule has 1 N–H and O–H groups in total. The molecule has 131 valence electrons. The van der Waals surface area contributed by atoms with Crippen molar-refractivity contribution >= 4 is 6.29 Å². The van der Waals surface area contributed by atoms with Crippen molar-refractivity contribution in [2.45, 2.75) is 109 Å². The summed E-state index contributed by atoms with van der Waals surface area (Å²) >= 11 is 0. The van der Waals surface area contributed by atoms with Crippen LogP contribution in [0.4, 0.5) is 0 Å². The number of aldehydes is 1. The summed E-state index contributed by atoms with van der Waals surface area (Å²) in [5.41, 5.74) is 0. The summed E-state index contributed by atoms with van der Waals surface area (Å²) in [6, 6.07) is 0. The van der Waals surface area contributed by atoms with E-state index in [1.54, 1.807) is 0 Å². The number of unbranched alkanes of at least 4 members (excludes halogenated alkanes) is 13. The monoisotopic (exact) mass is 311 g/mol. The Bertz CT molecular complexity index is 226. The normalized spacial score (nSPS) is 14.0. The maximum absolute atomic E-state index is 10.7. The van der Waals surface area contributed by atoms with Crippen molar-refractivity contribution in [2.75, 3.05) is 0 Å². The lowest BCUT2D eigenvalue weighted by Gasteiger charge is -2.12. The van der Waals surface area contributed by atoms with E-state index in [-0.39, 0.29) is 5.92 Å². The fraction of sp³-hybridized carbons (Fsp3) is 0.900. The first-order chi connectivity index (χ1) is 10.7. The van der Waals surface area contributed by atoms with Gasteiger partial charge in [0.05, 0.1) is 6.10 Å². The van der Waals surface area contributed by atoms with Crippen molar-refractivity contribution in [3.8, 4) is 0 Å². The molecular weight excluding hydrogens is 272 g/mol. The first kappa shape index (κ1) is 21.6. The van der Waals surface area contributed by atoms with Crippen LogP contribution in [0.3, 0.4) is 0 Å². The van der Waals surface area contributed by atoms with Gasteiger partial charge in [-0.15, -0.1) is 0 Å². The van der Waals surface area contributed by atoms with Crippen molar-refractivity contribution in [3.63, 3.8) is 0 Å². The van der Waals surface area contributed by atoms with E-state index in [0.29, 0.717) is 0 Å². The van der Waals surface area contributed by atoms with Gasteiger partial charge < -0.3 is 9.90 Å². The maximum atomic E-state index is 10.7. The van der Waals surface area contributed by atoms with E-state index in [0.717, 1.165) is 19.1 Å². The number of carbonyl (C=O) groups is 1. The van der Waals surface area contributed by atoms with Crippen LogP contribution in [-0.2, 0) is 4.79 Å². The summed E-state index contributed by atoms with van der Waals surface area (Å²) in [5.74, 6) is -0.266. The SMILES string of the molecule is [CH2]C(O)C(C=O)CCCCCCCCCCCCCCCC. The molecule has 0 aliphatic heterocycles. The summed E-state index contributed by atoms with van der Waals surface area (Å²) in [7, 11) is 0. The van der Waals surface area contributed by atoms with Gasteiger partial charge >= 0.3 is 0 Å². The first-order valence-corrected chi connectivity index (χ1v) is 9.68. The van der Waals surface area contributed by atoms with Gasteiger partial charge in [-0.3, -0.25) is 0 Å². The summed E-state index contributed by atoms with van der Waals surface area (Å²) in [6.07, 6.45) is 19.7. The number of aliphatic hydroxyl groups excluding tert-OH is 1. The number of hydrogen-bond acceptors (Lipinski definition) is 2. The van der Waals surface area contributed by atoms with Crippen LogP contribution in [0.5, 0.6) is 0 Å². The maximum Gasteiger partial charge on any atom is 0.125 e. The molecule has 0 heterocycles. The number of aliphatic hydroxyl groups is 1. The molecule has 2 heteroatoms. The Balaban J connectivity index is 3.13. The number of rotatable bonds is 17. The Hall–Kier alpha value is -0.370. The third-order valence-electron chi connectivity index (χ3n) is 4.56.